The summed E-state index contributed by atoms with van der Waals surface area (Å²) >= 11 is -1.88. The second-order valence-electron chi connectivity index (χ2n) is 4.48. The molecule has 0 spiro atoms. The number of nitrogens with zero attached hydrogens (tertiary/aromatic N) is 2. The molecule has 7 heteroatoms. The van der Waals surface area contributed by atoms with Gasteiger partial charge in [0.25, 0.3) is 0 Å². The molecule has 0 radical (unpaired) electrons. The van der Waals surface area contributed by atoms with Gasteiger partial charge in [0, 0.05) is 0 Å². The summed E-state index contributed by atoms with van der Waals surface area (Å²) in [6.07, 6.45) is 0. The van der Waals surface area contributed by atoms with Crippen molar-refractivity contribution in [3.8, 4) is 0 Å². The Balaban J connectivity index is 0.00000242. The molecule has 0 fully saturated rings. The van der Waals surface area contributed by atoms with Crippen molar-refractivity contribution in [3.05, 3.63) is 60.7 Å². The third-order valence-corrected chi connectivity index (χ3v) is 8.41. The second kappa shape index (κ2) is 10.6. The minimum atomic E-state index is -1.88. The van der Waals surface area contributed by atoms with Gasteiger partial charge in [-0.25, -0.2) is 0 Å². The van der Waals surface area contributed by atoms with Gasteiger partial charge >= 0.3 is 137 Å². The summed E-state index contributed by atoms with van der Waals surface area (Å²) in [6.45, 7) is 3.09. The molecular weight excluding hydrogens is 502 g/mol. The Bertz CT molecular complexity index is 571. The zero-order valence-corrected chi connectivity index (χ0v) is 17.8. The van der Waals surface area contributed by atoms with Gasteiger partial charge in [-0.05, 0) is 0 Å². The fourth-order valence-electron chi connectivity index (χ4n) is 1.87. The Hall–Kier alpha value is -1.17. The van der Waals surface area contributed by atoms with Crippen LogP contribution in [0.2, 0.25) is 0 Å². The number of halogens is 2. The van der Waals surface area contributed by atoms with E-state index in [2.05, 4.69) is 0 Å². The molecule has 0 aliphatic rings. The number of hydrogen-bond acceptors (Lipinski definition) is 2. The van der Waals surface area contributed by atoms with E-state index in [4.69, 9.17) is 0 Å². The molecule has 0 atom stereocenters. The average molecular weight is 518 g/mol. The molecule has 0 N–H and O–H groups in total. The number of para-hydroxylation sites is 2. The maximum Gasteiger partial charge on any atom is -1.00 e. The maximum absolute atomic E-state index is 12.0. The van der Waals surface area contributed by atoms with E-state index < -0.39 is 23.5 Å². The van der Waals surface area contributed by atoms with Gasteiger partial charge in [0.2, 0.25) is 0 Å². The maximum atomic E-state index is 12.0. The van der Waals surface area contributed by atoms with E-state index in [0.29, 0.717) is 0 Å². The van der Waals surface area contributed by atoms with E-state index in [1.807, 2.05) is 60.7 Å². The number of hydrogen-bond donors (Lipinski definition) is 0. The Morgan fingerprint density at radius 3 is 1.26 bits per heavy atom. The van der Waals surface area contributed by atoms with Crippen LogP contribution in [0.25, 0.3) is 0 Å². The summed E-state index contributed by atoms with van der Waals surface area (Å²) < 4.78 is 3.54. The Kier molecular flexibility index (Phi) is 10.0. The molecular formula is C16H16Cl2HfN2O2. The Morgan fingerprint density at radius 1 is 0.696 bits per heavy atom. The minimum Gasteiger partial charge on any atom is -1.00 e. The SMILES string of the molecule is CC(=O)[N]([Hf+2][N](C(C)=O)c1ccccc1)c1ccccc1.[Cl-].[Cl-]. The van der Waals surface area contributed by atoms with Crippen LogP contribution in [0.1, 0.15) is 13.8 Å². The van der Waals surface area contributed by atoms with Gasteiger partial charge in [0.1, 0.15) is 0 Å². The van der Waals surface area contributed by atoms with E-state index in [9.17, 15) is 9.59 Å². The third-order valence-electron chi connectivity index (χ3n) is 2.86. The first-order valence-electron chi connectivity index (χ1n) is 6.57. The molecule has 0 aromatic heterocycles. The normalized spacial score (nSPS) is 8.78. The summed E-state index contributed by atoms with van der Waals surface area (Å²) in [4.78, 5) is 23.9. The molecule has 0 unspecified atom stereocenters. The van der Waals surface area contributed by atoms with E-state index in [1.165, 1.54) is 0 Å². The van der Waals surface area contributed by atoms with Gasteiger partial charge in [-0.15, -0.1) is 0 Å². The van der Waals surface area contributed by atoms with Crippen molar-refractivity contribution < 1.29 is 57.9 Å². The molecule has 0 aliphatic heterocycles. The molecule has 0 aliphatic carbocycles. The van der Waals surface area contributed by atoms with Crippen molar-refractivity contribution in [2.75, 3.05) is 5.78 Å². The fourth-order valence-corrected chi connectivity index (χ4v) is 5.51. The van der Waals surface area contributed by atoms with Crippen LogP contribution in [0.3, 0.4) is 0 Å². The summed E-state index contributed by atoms with van der Waals surface area (Å²) in [6, 6.07) is 19.0. The molecule has 120 valence electrons. The van der Waals surface area contributed by atoms with Crippen LogP contribution in [0.4, 0.5) is 11.4 Å². The van der Waals surface area contributed by atoms with E-state index in [-0.39, 0.29) is 36.6 Å². The largest absolute Gasteiger partial charge is 1.00 e. The summed E-state index contributed by atoms with van der Waals surface area (Å²) in [5, 5.41) is 0. The van der Waals surface area contributed by atoms with Crippen LogP contribution in [0, 0.1) is 0 Å². The molecule has 0 saturated carbocycles. The smallest absolute Gasteiger partial charge is 1.00 e. The summed E-state index contributed by atoms with van der Waals surface area (Å²) in [5.74, 6) is -0.0431. The van der Waals surface area contributed by atoms with Crippen LogP contribution >= 0.6 is 0 Å². The number of carbonyl (C=O) groups is 2. The molecule has 0 saturated heterocycles. The number of anilines is 2. The number of carbonyl (C=O) groups excluding carboxylic acids is 2. The molecule has 4 nitrogen and oxygen atoms in total. The van der Waals surface area contributed by atoms with Crippen molar-refractivity contribution in [2.24, 2.45) is 0 Å². The van der Waals surface area contributed by atoms with Crippen molar-refractivity contribution in [1.82, 2.24) is 0 Å². The van der Waals surface area contributed by atoms with Gasteiger partial charge < -0.3 is 24.8 Å². The summed E-state index contributed by atoms with van der Waals surface area (Å²) in [7, 11) is 0. The molecule has 0 bridgehead atoms. The first-order valence-corrected chi connectivity index (χ1v) is 9.78. The number of amides is 2. The monoisotopic (exact) mass is 518 g/mol. The average Bonchev–Trinajstić information content (AvgIpc) is 2.49. The van der Waals surface area contributed by atoms with Crippen molar-refractivity contribution in [3.63, 3.8) is 0 Å². The molecule has 2 aromatic carbocycles. The molecule has 2 aromatic rings. The van der Waals surface area contributed by atoms with E-state index in [1.54, 1.807) is 19.6 Å². The topological polar surface area (TPSA) is 40.6 Å². The second-order valence-corrected chi connectivity index (χ2v) is 8.41. The third kappa shape index (κ3) is 6.09. The Morgan fingerprint density at radius 2 is 1.00 bits per heavy atom. The van der Waals surface area contributed by atoms with E-state index in [0.717, 1.165) is 11.4 Å². The van der Waals surface area contributed by atoms with Crippen LogP contribution in [-0.4, -0.2) is 11.8 Å². The predicted molar refractivity (Wildman–Crippen MR) is 79.2 cm³/mol. The van der Waals surface area contributed by atoms with Crippen LogP contribution in [0.5, 0.6) is 0 Å². The van der Waals surface area contributed by atoms with Crippen LogP contribution < -0.4 is 30.6 Å². The van der Waals surface area contributed by atoms with Gasteiger partial charge in [0.15, 0.2) is 0 Å². The standard InChI is InChI=1S/2C8H9NO.2ClH.Hf/c2*1-7(10)9-8-5-3-2-4-6-8;;;/h2*2-6H,1H3,(H,9,10);2*1H;/q;;;;+4/p-4. The quantitative estimate of drug-likeness (QED) is 0.406. The van der Waals surface area contributed by atoms with Gasteiger partial charge in [-0.3, -0.25) is 0 Å². The molecule has 0 heterocycles. The minimum absolute atomic E-state index is 0. The van der Waals surface area contributed by atoms with E-state index >= 15 is 0 Å². The zero-order valence-electron chi connectivity index (χ0n) is 12.7. The van der Waals surface area contributed by atoms with Gasteiger partial charge in [-0.1, -0.05) is 0 Å². The number of benzene rings is 2. The fraction of sp³-hybridized carbons (Fsp3) is 0.125. The van der Waals surface area contributed by atoms with Gasteiger partial charge in [-0.2, -0.15) is 0 Å². The van der Waals surface area contributed by atoms with Crippen molar-refractivity contribution in [2.45, 2.75) is 13.8 Å². The Labute approximate surface area is 160 Å². The van der Waals surface area contributed by atoms with Crippen LogP contribution in [-0.2, 0) is 33.1 Å². The van der Waals surface area contributed by atoms with Crippen molar-refractivity contribution in [1.29, 1.82) is 0 Å². The molecule has 2 rings (SSSR count). The van der Waals surface area contributed by atoms with Gasteiger partial charge in [0.05, 0.1) is 0 Å². The first-order chi connectivity index (χ1) is 10.1. The van der Waals surface area contributed by atoms with Crippen LogP contribution in [0.15, 0.2) is 60.7 Å². The zero-order chi connectivity index (χ0) is 15.2. The first kappa shape index (κ1) is 21.8. The van der Waals surface area contributed by atoms with Crippen molar-refractivity contribution >= 4 is 23.2 Å². The molecule has 2 amide bonds. The molecule has 23 heavy (non-hydrogen) atoms. The number of rotatable bonds is 4. The predicted octanol–water partition coefficient (Wildman–Crippen LogP) is -2.99. The summed E-state index contributed by atoms with van der Waals surface area (Å²) in [5.41, 5.74) is 1.71.